The number of carbonyl (C=O) groups excluding carboxylic acids is 2. The molecule has 2 amide bonds. The van der Waals surface area contributed by atoms with E-state index < -0.39 is 42.7 Å². The molecule has 0 bridgehead atoms. The lowest BCUT2D eigenvalue weighted by Gasteiger charge is -2.25. The maximum absolute atomic E-state index is 11.1. The van der Waals surface area contributed by atoms with E-state index in [4.69, 9.17) is 15.9 Å². The molecule has 0 saturated heterocycles. The highest BCUT2D eigenvalue weighted by Gasteiger charge is 2.36. The third kappa shape index (κ3) is 3.42. The van der Waals surface area contributed by atoms with Gasteiger partial charge in [-0.15, -0.1) is 0 Å². The summed E-state index contributed by atoms with van der Waals surface area (Å²) in [6.45, 7) is -0.747. The SMILES string of the molecule is CNC(=O)[C@H](CO)[C@@H](O)[C@@H](O)[C@H](O)C(N)=O. The summed E-state index contributed by atoms with van der Waals surface area (Å²) < 4.78 is 0. The topological polar surface area (TPSA) is 153 Å². The van der Waals surface area contributed by atoms with Crippen LogP contribution in [0.1, 0.15) is 0 Å². The summed E-state index contributed by atoms with van der Waals surface area (Å²) >= 11 is 0. The fourth-order valence-corrected chi connectivity index (χ4v) is 1.12. The van der Waals surface area contributed by atoms with Crippen LogP contribution in [0.25, 0.3) is 0 Å². The highest BCUT2D eigenvalue weighted by atomic mass is 16.4. The minimum absolute atomic E-state index is 0.731. The lowest BCUT2D eigenvalue weighted by molar-refractivity contribution is -0.148. The monoisotopic (exact) mass is 236 g/mol. The maximum atomic E-state index is 11.1. The summed E-state index contributed by atoms with van der Waals surface area (Å²) in [6.07, 6.45) is -5.74. The summed E-state index contributed by atoms with van der Waals surface area (Å²) in [5.74, 6) is -3.32. The first-order valence-electron chi connectivity index (χ1n) is 4.52. The van der Waals surface area contributed by atoms with Crippen LogP contribution in [-0.4, -0.2) is 64.2 Å². The van der Waals surface area contributed by atoms with E-state index in [-0.39, 0.29) is 0 Å². The summed E-state index contributed by atoms with van der Waals surface area (Å²) in [6, 6.07) is 0. The van der Waals surface area contributed by atoms with Crippen molar-refractivity contribution in [3.8, 4) is 0 Å². The van der Waals surface area contributed by atoms with Crippen LogP contribution in [-0.2, 0) is 9.59 Å². The molecule has 0 spiro atoms. The van der Waals surface area contributed by atoms with Crippen molar-refractivity contribution in [2.45, 2.75) is 18.3 Å². The highest BCUT2D eigenvalue weighted by molar-refractivity contribution is 5.81. The Morgan fingerprint density at radius 3 is 2.06 bits per heavy atom. The molecule has 0 aromatic carbocycles. The summed E-state index contributed by atoms with van der Waals surface area (Å²) in [7, 11) is 1.27. The van der Waals surface area contributed by atoms with E-state index in [0.29, 0.717) is 0 Å². The molecule has 94 valence electrons. The summed E-state index contributed by atoms with van der Waals surface area (Å²) in [5.41, 5.74) is 4.70. The number of amides is 2. The zero-order valence-electron chi connectivity index (χ0n) is 8.70. The standard InChI is InChI=1S/C8H16N2O6/c1-10-8(16)3(2-11)4(12)5(13)6(14)7(9)15/h3-6,11-14H,2H2,1H3,(H2,9,15)(H,10,16)/t3-,4-,5-,6+/m1/s1. The van der Waals surface area contributed by atoms with Crippen molar-refractivity contribution in [3.05, 3.63) is 0 Å². The number of nitrogens with two attached hydrogens (primary N) is 1. The van der Waals surface area contributed by atoms with E-state index in [1.165, 1.54) is 7.05 Å². The van der Waals surface area contributed by atoms with Gasteiger partial charge in [0.1, 0.15) is 6.10 Å². The zero-order valence-corrected chi connectivity index (χ0v) is 8.70. The average molecular weight is 236 g/mol. The second-order valence-corrected chi connectivity index (χ2v) is 3.23. The van der Waals surface area contributed by atoms with E-state index in [2.05, 4.69) is 5.32 Å². The average Bonchev–Trinajstić information content (AvgIpc) is 2.27. The van der Waals surface area contributed by atoms with E-state index in [1.807, 2.05) is 0 Å². The van der Waals surface area contributed by atoms with Gasteiger partial charge in [0, 0.05) is 7.05 Å². The van der Waals surface area contributed by atoms with E-state index in [1.54, 1.807) is 0 Å². The van der Waals surface area contributed by atoms with Crippen molar-refractivity contribution in [3.63, 3.8) is 0 Å². The van der Waals surface area contributed by atoms with Crippen molar-refractivity contribution in [2.75, 3.05) is 13.7 Å². The Balaban J connectivity index is 4.67. The molecular weight excluding hydrogens is 220 g/mol. The molecule has 0 heterocycles. The number of rotatable bonds is 6. The first kappa shape index (κ1) is 14.8. The molecule has 8 heteroatoms. The molecular formula is C8H16N2O6. The second-order valence-electron chi connectivity index (χ2n) is 3.23. The third-order valence-electron chi connectivity index (χ3n) is 2.16. The Bertz CT molecular complexity index is 259. The number of nitrogens with one attached hydrogen (secondary N) is 1. The second kappa shape index (κ2) is 6.38. The molecule has 0 saturated carbocycles. The largest absolute Gasteiger partial charge is 0.395 e. The fourth-order valence-electron chi connectivity index (χ4n) is 1.12. The highest BCUT2D eigenvalue weighted by Crippen LogP contribution is 2.11. The first-order valence-corrected chi connectivity index (χ1v) is 4.52. The van der Waals surface area contributed by atoms with Gasteiger partial charge in [-0.3, -0.25) is 9.59 Å². The van der Waals surface area contributed by atoms with Crippen molar-refractivity contribution < 1.29 is 30.0 Å². The van der Waals surface area contributed by atoms with Gasteiger partial charge >= 0.3 is 0 Å². The van der Waals surface area contributed by atoms with Gasteiger partial charge in [-0.1, -0.05) is 0 Å². The molecule has 0 aliphatic carbocycles. The third-order valence-corrected chi connectivity index (χ3v) is 2.16. The van der Waals surface area contributed by atoms with Crippen LogP contribution in [0.4, 0.5) is 0 Å². The van der Waals surface area contributed by atoms with E-state index in [0.717, 1.165) is 0 Å². The number of hydrogen-bond donors (Lipinski definition) is 6. The molecule has 0 aliphatic heterocycles. The van der Waals surface area contributed by atoms with Gasteiger partial charge in [0.05, 0.1) is 18.6 Å². The van der Waals surface area contributed by atoms with Crippen molar-refractivity contribution in [2.24, 2.45) is 11.7 Å². The smallest absolute Gasteiger partial charge is 0.249 e. The molecule has 7 N–H and O–H groups in total. The fraction of sp³-hybridized carbons (Fsp3) is 0.750. The Kier molecular flexibility index (Phi) is 5.89. The quantitative estimate of drug-likeness (QED) is 0.275. The molecule has 4 atom stereocenters. The van der Waals surface area contributed by atoms with Gasteiger partial charge in [0.25, 0.3) is 0 Å². The first-order chi connectivity index (χ1) is 7.36. The maximum Gasteiger partial charge on any atom is 0.249 e. The van der Waals surface area contributed by atoms with Crippen LogP contribution >= 0.6 is 0 Å². The van der Waals surface area contributed by atoms with Crippen molar-refractivity contribution >= 4 is 11.8 Å². The van der Waals surface area contributed by atoms with Gasteiger partial charge in [0.15, 0.2) is 6.10 Å². The molecule has 0 aromatic heterocycles. The number of aliphatic hydroxyl groups is 4. The molecule has 0 aromatic rings. The lowest BCUT2D eigenvalue weighted by Crippen LogP contribution is -2.51. The molecule has 8 nitrogen and oxygen atoms in total. The van der Waals surface area contributed by atoms with Crippen LogP contribution in [0.3, 0.4) is 0 Å². The Labute approximate surface area is 91.7 Å². The van der Waals surface area contributed by atoms with E-state index >= 15 is 0 Å². The molecule has 16 heavy (non-hydrogen) atoms. The van der Waals surface area contributed by atoms with E-state index in [9.17, 15) is 19.8 Å². The summed E-state index contributed by atoms with van der Waals surface area (Å²) in [4.78, 5) is 21.7. The van der Waals surface area contributed by atoms with Crippen LogP contribution < -0.4 is 11.1 Å². The molecule has 0 fully saturated rings. The van der Waals surface area contributed by atoms with Gasteiger partial charge in [0.2, 0.25) is 11.8 Å². The van der Waals surface area contributed by atoms with Crippen molar-refractivity contribution in [1.29, 1.82) is 0 Å². The number of carbonyl (C=O) groups is 2. The minimum Gasteiger partial charge on any atom is -0.395 e. The van der Waals surface area contributed by atoms with Crippen LogP contribution in [0, 0.1) is 5.92 Å². The molecule has 0 rings (SSSR count). The van der Waals surface area contributed by atoms with Gasteiger partial charge < -0.3 is 31.5 Å². The Morgan fingerprint density at radius 1 is 1.25 bits per heavy atom. The molecule has 0 unspecified atom stereocenters. The predicted octanol–water partition coefficient (Wildman–Crippen LogP) is -4.09. The number of primary amides is 1. The van der Waals surface area contributed by atoms with Crippen LogP contribution in [0.15, 0.2) is 0 Å². The number of hydrogen-bond acceptors (Lipinski definition) is 6. The van der Waals surface area contributed by atoms with Gasteiger partial charge in [-0.05, 0) is 0 Å². The van der Waals surface area contributed by atoms with Crippen molar-refractivity contribution in [1.82, 2.24) is 5.32 Å². The van der Waals surface area contributed by atoms with Crippen LogP contribution in [0.2, 0.25) is 0 Å². The Hall–Kier alpha value is -1.22. The predicted molar refractivity (Wildman–Crippen MR) is 51.9 cm³/mol. The minimum atomic E-state index is -2.01. The number of aliphatic hydroxyl groups excluding tert-OH is 4. The van der Waals surface area contributed by atoms with Gasteiger partial charge in [-0.2, -0.15) is 0 Å². The zero-order chi connectivity index (χ0) is 12.9. The molecule has 0 aliphatic rings. The normalized spacial score (nSPS) is 18.3. The Morgan fingerprint density at radius 2 is 1.75 bits per heavy atom. The van der Waals surface area contributed by atoms with Gasteiger partial charge in [-0.25, -0.2) is 0 Å². The van der Waals surface area contributed by atoms with Crippen LogP contribution in [0.5, 0.6) is 0 Å². The lowest BCUT2D eigenvalue weighted by atomic mass is 9.94. The molecule has 0 radical (unpaired) electrons. The summed E-state index contributed by atoms with van der Waals surface area (Å²) in [5, 5.41) is 38.8.